The Morgan fingerprint density at radius 1 is 0.957 bits per heavy atom. The van der Waals surface area contributed by atoms with Crippen molar-refractivity contribution in [3.63, 3.8) is 0 Å². The molecule has 1 aliphatic carbocycles. The van der Waals surface area contributed by atoms with Crippen LogP contribution in [0.5, 0.6) is 5.75 Å². The molecule has 46 heavy (non-hydrogen) atoms. The Labute approximate surface area is 266 Å². The van der Waals surface area contributed by atoms with Gasteiger partial charge in [-0.25, -0.2) is 9.67 Å². The molecule has 0 atom stereocenters. The number of aryl methyl sites for hydroxylation is 1. The molecule has 1 aliphatic rings. The number of halogens is 7. The first-order valence-electron chi connectivity index (χ1n) is 14.6. The van der Waals surface area contributed by atoms with Crippen LogP contribution in [0.2, 0.25) is 5.02 Å². The number of amides is 1. The fourth-order valence-electron chi connectivity index (χ4n) is 5.63. The van der Waals surface area contributed by atoms with Gasteiger partial charge in [0.05, 0.1) is 29.8 Å². The first-order chi connectivity index (χ1) is 21.8. The predicted octanol–water partition coefficient (Wildman–Crippen LogP) is 8.11. The lowest BCUT2D eigenvalue weighted by molar-refractivity contribution is -0.143. The summed E-state index contributed by atoms with van der Waals surface area (Å²) in [5, 5.41) is 5.07. The van der Waals surface area contributed by atoms with Crippen molar-refractivity contribution < 1.29 is 35.9 Å². The molecule has 1 saturated carbocycles. The van der Waals surface area contributed by atoms with Crippen LogP contribution in [-0.4, -0.2) is 50.3 Å². The summed E-state index contributed by atoms with van der Waals surface area (Å²) < 4.78 is 87.2. The molecule has 1 fully saturated rings. The van der Waals surface area contributed by atoms with Gasteiger partial charge < -0.3 is 9.64 Å². The van der Waals surface area contributed by atoms with Gasteiger partial charge in [-0.1, -0.05) is 24.4 Å². The van der Waals surface area contributed by atoms with Crippen molar-refractivity contribution in [1.29, 1.82) is 0 Å². The highest BCUT2D eigenvalue weighted by atomic mass is 35.5. The molecule has 5 rings (SSSR count). The number of hydrogen-bond acceptors (Lipinski definition) is 5. The largest absolute Gasteiger partial charge is 0.495 e. The average molecular weight is 666 g/mol. The van der Waals surface area contributed by atoms with Crippen LogP contribution < -0.4 is 4.74 Å². The Morgan fingerprint density at radius 3 is 2.20 bits per heavy atom. The Kier molecular flexibility index (Phi) is 9.90. The number of carbonyl (C=O) groups excluding carboxylic acids is 1. The summed E-state index contributed by atoms with van der Waals surface area (Å²) in [6.45, 7) is 0.428. The maximum atomic E-state index is 13.6. The van der Waals surface area contributed by atoms with E-state index in [1.165, 1.54) is 7.11 Å². The number of hydrogen-bond donors (Lipinski definition) is 0. The Balaban J connectivity index is 1.40. The monoisotopic (exact) mass is 665 g/mol. The molecule has 4 aromatic rings. The lowest BCUT2D eigenvalue weighted by Gasteiger charge is -2.29. The minimum absolute atomic E-state index is 0.0854. The highest BCUT2D eigenvalue weighted by molar-refractivity contribution is 6.32. The third-order valence-electron chi connectivity index (χ3n) is 7.93. The molecule has 0 saturated heterocycles. The zero-order valence-corrected chi connectivity index (χ0v) is 25.5. The van der Waals surface area contributed by atoms with Crippen molar-refractivity contribution in [3.05, 3.63) is 82.6 Å². The Bertz CT molecular complexity index is 1640. The van der Waals surface area contributed by atoms with Gasteiger partial charge in [-0.2, -0.15) is 31.4 Å². The van der Waals surface area contributed by atoms with E-state index in [9.17, 15) is 31.1 Å². The summed E-state index contributed by atoms with van der Waals surface area (Å²) >= 11 is 6.40. The number of pyridine rings is 1. The van der Waals surface area contributed by atoms with Crippen molar-refractivity contribution in [3.8, 4) is 28.5 Å². The van der Waals surface area contributed by atoms with E-state index >= 15 is 0 Å². The minimum Gasteiger partial charge on any atom is -0.495 e. The van der Waals surface area contributed by atoms with E-state index in [1.54, 1.807) is 52.3 Å². The number of aromatic nitrogens is 4. The summed E-state index contributed by atoms with van der Waals surface area (Å²) in [4.78, 5) is 24.0. The topological polar surface area (TPSA) is 73.1 Å². The fraction of sp³-hybridized carbons (Fsp3) is 0.375. The van der Waals surface area contributed by atoms with E-state index in [0.29, 0.717) is 40.1 Å². The van der Waals surface area contributed by atoms with Crippen molar-refractivity contribution in [2.75, 3.05) is 13.7 Å². The highest BCUT2D eigenvalue weighted by Crippen LogP contribution is 2.37. The molecule has 0 radical (unpaired) electrons. The second kappa shape index (κ2) is 13.7. The number of benzene rings is 2. The second-order valence-electron chi connectivity index (χ2n) is 11.0. The third kappa shape index (κ3) is 7.80. The molecule has 0 unspecified atom stereocenters. The number of nitrogens with zero attached hydrogens (tertiary/aromatic N) is 5. The van der Waals surface area contributed by atoms with Gasteiger partial charge in [0, 0.05) is 42.5 Å². The first-order valence-corrected chi connectivity index (χ1v) is 15.0. The van der Waals surface area contributed by atoms with Gasteiger partial charge in [0.15, 0.2) is 11.6 Å². The molecule has 244 valence electrons. The fourth-order valence-corrected chi connectivity index (χ4v) is 5.89. The SMILES string of the molecule is COc1ccc(-c2nc(-c3ccncc3)nn2CCN(C(=O)CCc2cc(C(F)(F)F)cc(C(F)(F)F)c2)C2CCCC2)cc1Cl. The van der Waals surface area contributed by atoms with Crippen LogP contribution >= 0.6 is 11.6 Å². The zero-order valence-electron chi connectivity index (χ0n) is 24.7. The van der Waals surface area contributed by atoms with Gasteiger partial charge in [-0.05, 0) is 73.4 Å². The van der Waals surface area contributed by atoms with E-state index in [-0.39, 0.29) is 49.5 Å². The van der Waals surface area contributed by atoms with Crippen LogP contribution in [0, 0.1) is 0 Å². The van der Waals surface area contributed by atoms with Crippen molar-refractivity contribution >= 4 is 17.5 Å². The minimum atomic E-state index is -4.96. The molecule has 7 nitrogen and oxygen atoms in total. The standard InChI is InChI=1S/C32H30ClF6N5O2/c1-46-27-8-7-22(18-26(27)33)30-41-29(21-10-12-40-13-11-21)42-44(30)15-14-43(25-4-2-3-5-25)28(45)9-6-20-16-23(31(34,35)36)19-24(17-20)32(37,38)39/h7-8,10-13,16-19,25H,2-6,9,14-15H2,1H3. The molecule has 2 aromatic heterocycles. The molecular weight excluding hydrogens is 636 g/mol. The van der Waals surface area contributed by atoms with Crippen LogP contribution in [0.3, 0.4) is 0 Å². The lowest BCUT2D eigenvalue weighted by Crippen LogP contribution is -2.41. The van der Waals surface area contributed by atoms with Crippen molar-refractivity contribution in [2.24, 2.45) is 0 Å². The summed E-state index contributed by atoms with van der Waals surface area (Å²) in [5.41, 5.74) is -1.64. The quantitative estimate of drug-likeness (QED) is 0.160. The van der Waals surface area contributed by atoms with Gasteiger partial charge >= 0.3 is 12.4 Å². The van der Waals surface area contributed by atoms with Gasteiger partial charge in [0.2, 0.25) is 5.91 Å². The molecule has 0 spiro atoms. The van der Waals surface area contributed by atoms with Crippen LogP contribution in [0.15, 0.2) is 60.9 Å². The summed E-state index contributed by atoms with van der Waals surface area (Å²) in [7, 11) is 1.50. The average Bonchev–Trinajstić information content (AvgIpc) is 3.71. The maximum Gasteiger partial charge on any atom is 0.416 e. The molecule has 1 amide bonds. The smallest absolute Gasteiger partial charge is 0.416 e. The molecule has 14 heteroatoms. The molecule has 0 bridgehead atoms. The van der Waals surface area contributed by atoms with E-state index in [4.69, 9.17) is 26.4 Å². The second-order valence-corrected chi connectivity index (χ2v) is 11.4. The molecular formula is C32H30ClF6N5O2. The Hall–Kier alpha value is -4.13. The van der Waals surface area contributed by atoms with Crippen LogP contribution in [0.4, 0.5) is 26.3 Å². The number of rotatable bonds is 10. The normalized spacial score (nSPS) is 14.1. The number of methoxy groups -OCH3 is 1. The number of carbonyl (C=O) groups is 1. The third-order valence-corrected chi connectivity index (χ3v) is 8.23. The maximum absolute atomic E-state index is 13.6. The molecule has 2 heterocycles. The van der Waals surface area contributed by atoms with Crippen LogP contribution in [-0.2, 0) is 30.1 Å². The number of alkyl halides is 6. The van der Waals surface area contributed by atoms with Crippen molar-refractivity contribution in [2.45, 2.75) is 63.5 Å². The zero-order chi connectivity index (χ0) is 33.1. The summed E-state index contributed by atoms with van der Waals surface area (Å²) in [5.74, 6) is 1.03. The van der Waals surface area contributed by atoms with E-state index < -0.39 is 23.5 Å². The van der Waals surface area contributed by atoms with Gasteiger partial charge in [0.1, 0.15) is 5.75 Å². The summed E-state index contributed by atoms with van der Waals surface area (Å²) in [6.07, 6.45) is -3.93. The van der Waals surface area contributed by atoms with Crippen LogP contribution in [0.1, 0.15) is 48.8 Å². The predicted molar refractivity (Wildman–Crippen MR) is 159 cm³/mol. The van der Waals surface area contributed by atoms with E-state index in [0.717, 1.165) is 31.2 Å². The van der Waals surface area contributed by atoms with Gasteiger partial charge in [-0.3, -0.25) is 9.78 Å². The molecule has 2 aromatic carbocycles. The number of ether oxygens (including phenoxy) is 1. The highest BCUT2D eigenvalue weighted by Gasteiger charge is 2.37. The van der Waals surface area contributed by atoms with E-state index in [1.807, 2.05) is 0 Å². The van der Waals surface area contributed by atoms with Gasteiger partial charge in [0.25, 0.3) is 0 Å². The van der Waals surface area contributed by atoms with Gasteiger partial charge in [-0.15, -0.1) is 0 Å². The molecule has 0 N–H and O–H groups in total. The van der Waals surface area contributed by atoms with Crippen molar-refractivity contribution in [1.82, 2.24) is 24.6 Å². The van der Waals surface area contributed by atoms with E-state index in [2.05, 4.69) is 4.98 Å². The lowest BCUT2D eigenvalue weighted by atomic mass is 10.0. The molecule has 0 aliphatic heterocycles. The van der Waals surface area contributed by atoms with Crippen LogP contribution in [0.25, 0.3) is 22.8 Å². The summed E-state index contributed by atoms with van der Waals surface area (Å²) in [6, 6.07) is 10.0. The first kappa shape index (κ1) is 33.2. The Morgan fingerprint density at radius 2 is 1.61 bits per heavy atom.